The molecule has 4 nitrogen and oxygen atoms in total. The first kappa shape index (κ1) is 18.9. The zero-order chi connectivity index (χ0) is 20.2. The lowest BCUT2D eigenvalue weighted by Gasteiger charge is -2.21. The molecule has 4 rings (SSSR count). The third kappa shape index (κ3) is 4.21. The van der Waals surface area contributed by atoms with E-state index in [4.69, 9.17) is 0 Å². The predicted molar refractivity (Wildman–Crippen MR) is 115 cm³/mol. The molecule has 1 fully saturated rings. The summed E-state index contributed by atoms with van der Waals surface area (Å²) >= 11 is 0. The van der Waals surface area contributed by atoms with Crippen LogP contribution in [0.4, 0.5) is 5.69 Å². The lowest BCUT2D eigenvalue weighted by molar-refractivity contribution is -0.122. The third-order valence-electron chi connectivity index (χ3n) is 5.35. The highest BCUT2D eigenvalue weighted by Gasteiger charge is 2.33. The molecule has 1 aliphatic rings. The molecule has 3 aromatic rings. The number of hydrogen-bond donors (Lipinski definition) is 1. The number of benzene rings is 3. The van der Waals surface area contributed by atoms with Crippen molar-refractivity contribution in [2.24, 2.45) is 0 Å². The van der Waals surface area contributed by atoms with Crippen molar-refractivity contribution in [1.82, 2.24) is 5.32 Å². The largest absolute Gasteiger partial charge is 0.350 e. The number of aryl methyl sites for hydroxylation is 1. The zero-order valence-corrected chi connectivity index (χ0v) is 16.4. The first-order chi connectivity index (χ1) is 14.1. The fourth-order valence-electron chi connectivity index (χ4n) is 3.85. The van der Waals surface area contributed by atoms with Crippen LogP contribution in [0, 0.1) is 6.92 Å². The molecule has 1 heterocycles. The maximum Gasteiger partial charge on any atom is 0.232 e. The van der Waals surface area contributed by atoms with Gasteiger partial charge in [0.2, 0.25) is 11.8 Å². The van der Waals surface area contributed by atoms with E-state index in [2.05, 4.69) is 5.32 Å². The number of nitrogens with zero attached hydrogens (tertiary/aromatic N) is 1. The lowest BCUT2D eigenvalue weighted by atomic mass is 9.90. The summed E-state index contributed by atoms with van der Waals surface area (Å²) < 4.78 is 0. The topological polar surface area (TPSA) is 49.4 Å². The van der Waals surface area contributed by atoms with Gasteiger partial charge in [0.1, 0.15) is 0 Å². The highest BCUT2D eigenvalue weighted by Crippen LogP contribution is 2.27. The molecule has 0 saturated carbocycles. The minimum Gasteiger partial charge on any atom is -0.350 e. The van der Waals surface area contributed by atoms with Gasteiger partial charge in [0, 0.05) is 18.7 Å². The highest BCUT2D eigenvalue weighted by molar-refractivity contribution is 5.97. The Kier molecular flexibility index (Phi) is 5.43. The quantitative estimate of drug-likeness (QED) is 0.722. The first-order valence-corrected chi connectivity index (χ1v) is 9.89. The summed E-state index contributed by atoms with van der Waals surface area (Å²) in [6.07, 6.45) is 0.315. The van der Waals surface area contributed by atoms with Crippen LogP contribution in [0.1, 0.15) is 29.0 Å². The number of nitrogens with one attached hydrogen (secondary N) is 1. The Bertz CT molecular complexity index is 945. The monoisotopic (exact) mass is 384 g/mol. The molecule has 2 amide bonds. The average molecular weight is 384 g/mol. The van der Waals surface area contributed by atoms with Crippen LogP contribution in [-0.4, -0.2) is 24.4 Å². The van der Waals surface area contributed by atoms with Gasteiger partial charge < -0.3 is 10.2 Å². The molecule has 0 aliphatic carbocycles. The fraction of sp³-hybridized carbons (Fsp3) is 0.200. The number of amides is 2. The van der Waals surface area contributed by atoms with E-state index in [0.717, 1.165) is 22.4 Å². The lowest BCUT2D eigenvalue weighted by Crippen LogP contribution is -2.40. The molecule has 29 heavy (non-hydrogen) atoms. The Morgan fingerprint density at radius 2 is 1.45 bits per heavy atom. The van der Waals surface area contributed by atoms with Gasteiger partial charge in [-0.25, -0.2) is 0 Å². The molecule has 1 saturated heterocycles. The Morgan fingerprint density at radius 3 is 2.00 bits per heavy atom. The number of hydrogen-bond acceptors (Lipinski definition) is 2. The Morgan fingerprint density at radius 1 is 0.897 bits per heavy atom. The summed E-state index contributed by atoms with van der Waals surface area (Å²) in [5.41, 5.74) is 3.91. The summed E-state index contributed by atoms with van der Waals surface area (Å²) in [5, 5.41) is 3.12. The van der Waals surface area contributed by atoms with E-state index in [1.807, 2.05) is 91.9 Å². The van der Waals surface area contributed by atoms with Gasteiger partial charge in [-0.05, 0) is 30.2 Å². The van der Waals surface area contributed by atoms with E-state index in [1.165, 1.54) is 0 Å². The molecular formula is C25H24N2O2. The van der Waals surface area contributed by atoms with Crippen LogP contribution in [0.5, 0.6) is 0 Å². The second-order valence-corrected chi connectivity index (χ2v) is 7.50. The highest BCUT2D eigenvalue weighted by atomic mass is 16.2. The Hall–Kier alpha value is -3.40. The molecule has 0 spiro atoms. The summed E-state index contributed by atoms with van der Waals surface area (Å²) in [4.78, 5) is 27.5. The molecule has 4 heteroatoms. The van der Waals surface area contributed by atoms with Gasteiger partial charge in [0.15, 0.2) is 0 Å². The second-order valence-electron chi connectivity index (χ2n) is 7.50. The Labute approximate surface area is 171 Å². The van der Waals surface area contributed by atoms with Gasteiger partial charge in [-0.1, -0.05) is 78.4 Å². The molecule has 146 valence electrons. The number of carbonyl (C=O) groups is 2. The fourth-order valence-corrected chi connectivity index (χ4v) is 3.85. The average Bonchev–Trinajstić information content (AvgIpc) is 3.10. The normalized spacial score (nSPS) is 16.3. The zero-order valence-electron chi connectivity index (χ0n) is 16.4. The van der Waals surface area contributed by atoms with E-state index in [0.29, 0.717) is 13.0 Å². The summed E-state index contributed by atoms with van der Waals surface area (Å²) in [5.74, 6) is -0.443. The molecule has 1 N–H and O–H groups in total. The van der Waals surface area contributed by atoms with Crippen molar-refractivity contribution in [3.63, 3.8) is 0 Å². The number of carbonyl (C=O) groups excluding carboxylic acids is 2. The van der Waals surface area contributed by atoms with Gasteiger partial charge in [-0.15, -0.1) is 0 Å². The maximum absolute atomic E-state index is 13.3. The molecule has 3 aromatic carbocycles. The summed E-state index contributed by atoms with van der Waals surface area (Å²) in [7, 11) is 0. The van der Waals surface area contributed by atoms with Crippen LogP contribution in [0.2, 0.25) is 0 Å². The molecule has 0 bridgehead atoms. The van der Waals surface area contributed by atoms with Gasteiger partial charge in [0.05, 0.1) is 12.0 Å². The molecule has 1 unspecified atom stereocenters. The van der Waals surface area contributed by atoms with Gasteiger partial charge >= 0.3 is 0 Å². The van der Waals surface area contributed by atoms with Crippen molar-refractivity contribution in [3.05, 3.63) is 102 Å². The van der Waals surface area contributed by atoms with Crippen molar-refractivity contribution in [1.29, 1.82) is 0 Å². The smallest absolute Gasteiger partial charge is 0.232 e. The predicted octanol–water partition coefficient (Wildman–Crippen LogP) is 4.05. The van der Waals surface area contributed by atoms with Crippen molar-refractivity contribution in [3.8, 4) is 0 Å². The maximum atomic E-state index is 13.3. The number of rotatable bonds is 5. The molecule has 0 aromatic heterocycles. The van der Waals surface area contributed by atoms with Gasteiger partial charge in [-0.3, -0.25) is 9.59 Å². The number of anilines is 1. The van der Waals surface area contributed by atoms with Crippen molar-refractivity contribution >= 4 is 17.5 Å². The van der Waals surface area contributed by atoms with Crippen LogP contribution in [0.25, 0.3) is 0 Å². The van der Waals surface area contributed by atoms with Crippen LogP contribution >= 0.6 is 0 Å². The minimum absolute atomic E-state index is 0.0372. The SMILES string of the molecule is Cc1ccc(N2CC(NC(=O)C(c3ccccc3)c3ccccc3)CC2=O)cc1. The van der Waals surface area contributed by atoms with E-state index >= 15 is 0 Å². The van der Waals surface area contributed by atoms with Crippen LogP contribution in [0.3, 0.4) is 0 Å². The Balaban J connectivity index is 1.52. The first-order valence-electron chi connectivity index (χ1n) is 9.89. The van der Waals surface area contributed by atoms with Gasteiger partial charge in [0.25, 0.3) is 0 Å². The third-order valence-corrected chi connectivity index (χ3v) is 5.35. The summed E-state index contributed by atoms with van der Waals surface area (Å²) in [6.45, 7) is 2.51. The van der Waals surface area contributed by atoms with Crippen molar-refractivity contribution in [2.75, 3.05) is 11.4 Å². The molecular weight excluding hydrogens is 360 g/mol. The van der Waals surface area contributed by atoms with Gasteiger partial charge in [-0.2, -0.15) is 0 Å². The van der Waals surface area contributed by atoms with E-state index < -0.39 is 5.92 Å². The van der Waals surface area contributed by atoms with Crippen molar-refractivity contribution in [2.45, 2.75) is 25.3 Å². The standard InChI is InChI=1S/C25H24N2O2/c1-18-12-14-22(15-13-18)27-17-21(16-23(27)28)26-25(29)24(19-8-4-2-5-9-19)20-10-6-3-7-11-20/h2-15,21,24H,16-17H2,1H3,(H,26,29). The van der Waals surface area contributed by atoms with Crippen molar-refractivity contribution < 1.29 is 9.59 Å². The van der Waals surface area contributed by atoms with E-state index in [1.54, 1.807) is 4.90 Å². The minimum atomic E-state index is -0.402. The molecule has 0 radical (unpaired) electrons. The van der Waals surface area contributed by atoms with E-state index in [-0.39, 0.29) is 17.9 Å². The summed E-state index contributed by atoms with van der Waals surface area (Å²) in [6, 6.07) is 27.2. The van der Waals surface area contributed by atoms with Crippen LogP contribution in [0.15, 0.2) is 84.9 Å². The molecule has 1 atom stereocenters. The second kappa shape index (κ2) is 8.31. The molecule has 1 aliphatic heterocycles. The van der Waals surface area contributed by atoms with Crippen LogP contribution < -0.4 is 10.2 Å². The van der Waals surface area contributed by atoms with Crippen LogP contribution in [-0.2, 0) is 9.59 Å². The van der Waals surface area contributed by atoms with E-state index in [9.17, 15) is 9.59 Å².